The molecule has 0 fully saturated rings. The number of hydrogen-bond acceptors (Lipinski definition) is 5. The molecule has 0 radical (unpaired) electrons. The molecular weight excluding hydrogens is 308 g/mol. The molecule has 1 amide bonds. The molecule has 3 rings (SSSR count). The minimum atomic E-state index is -0.390. The van der Waals surface area contributed by atoms with Crippen LogP contribution in [-0.4, -0.2) is 29.7 Å². The quantitative estimate of drug-likeness (QED) is 0.767. The molecule has 24 heavy (non-hydrogen) atoms. The first-order chi connectivity index (χ1) is 11.5. The van der Waals surface area contributed by atoms with Gasteiger partial charge in [-0.25, -0.2) is 5.10 Å². The third-order valence-corrected chi connectivity index (χ3v) is 3.83. The Hall–Kier alpha value is -3.09. The van der Waals surface area contributed by atoms with E-state index in [1.807, 2.05) is 42.3 Å². The molecule has 2 aromatic heterocycles. The van der Waals surface area contributed by atoms with Crippen LogP contribution < -0.4 is 15.8 Å². The fourth-order valence-corrected chi connectivity index (χ4v) is 2.69. The molecule has 2 heterocycles. The molecule has 0 unspecified atom stereocenters. The van der Waals surface area contributed by atoms with Crippen molar-refractivity contribution in [1.29, 1.82) is 0 Å². The van der Waals surface area contributed by atoms with E-state index in [0.717, 1.165) is 5.69 Å². The summed E-state index contributed by atoms with van der Waals surface area (Å²) in [5.74, 6) is 0.430. The van der Waals surface area contributed by atoms with Crippen molar-refractivity contribution in [1.82, 2.24) is 10.2 Å². The van der Waals surface area contributed by atoms with Gasteiger partial charge in [-0.3, -0.25) is 14.9 Å². The highest BCUT2D eigenvalue weighted by molar-refractivity contribution is 6.02. The Labute approximate surface area is 138 Å². The lowest BCUT2D eigenvalue weighted by atomic mass is 10.2. The zero-order valence-electron chi connectivity index (χ0n) is 13.7. The average molecular weight is 326 g/mol. The smallest absolute Gasteiger partial charge is 0.277 e. The summed E-state index contributed by atoms with van der Waals surface area (Å²) in [5, 5.41) is 9.96. The molecule has 2 N–H and O–H groups in total. The van der Waals surface area contributed by atoms with Crippen molar-refractivity contribution in [3.8, 4) is 0 Å². The van der Waals surface area contributed by atoms with Gasteiger partial charge in [0.15, 0.2) is 0 Å². The van der Waals surface area contributed by atoms with Gasteiger partial charge >= 0.3 is 0 Å². The van der Waals surface area contributed by atoms with E-state index in [-0.39, 0.29) is 23.9 Å². The van der Waals surface area contributed by atoms with Gasteiger partial charge in [0.1, 0.15) is 11.1 Å². The number of carbonyl (C=O) groups excluding carboxylic acids is 1. The highest BCUT2D eigenvalue weighted by Crippen LogP contribution is 2.28. The zero-order valence-corrected chi connectivity index (χ0v) is 13.7. The second-order valence-corrected chi connectivity index (χ2v) is 5.62. The Morgan fingerprint density at radius 3 is 2.67 bits per heavy atom. The van der Waals surface area contributed by atoms with Gasteiger partial charge in [-0.05, 0) is 26.0 Å². The molecular formula is C17H18N4O3. The maximum absolute atomic E-state index is 12.3. The topological polar surface area (TPSA) is 91.2 Å². The highest BCUT2D eigenvalue weighted by atomic mass is 16.4. The lowest BCUT2D eigenvalue weighted by molar-refractivity contribution is -0.115. The van der Waals surface area contributed by atoms with Crippen LogP contribution >= 0.6 is 0 Å². The Bertz CT molecular complexity index is 944. The third kappa shape index (κ3) is 2.88. The lowest BCUT2D eigenvalue weighted by Crippen LogP contribution is -2.30. The minimum absolute atomic E-state index is 0.132. The van der Waals surface area contributed by atoms with E-state index in [2.05, 4.69) is 15.5 Å². The minimum Gasteiger partial charge on any atom is -0.444 e. The van der Waals surface area contributed by atoms with Crippen LogP contribution in [0, 0.1) is 13.8 Å². The fourth-order valence-electron chi connectivity index (χ4n) is 2.69. The average Bonchev–Trinajstić information content (AvgIpc) is 2.89. The number of likely N-dealkylation sites (N-methyl/N-ethyl adjacent to an activating group) is 1. The molecule has 3 aromatic rings. The first-order valence-corrected chi connectivity index (χ1v) is 7.51. The maximum atomic E-state index is 12.3. The number of nitrogens with one attached hydrogen (secondary N) is 2. The van der Waals surface area contributed by atoms with Crippen LogP contribution in [0.4, 0.5) is 11.6 Å². The van der Waals surface area contributed by atoms with E-state index in [1.165, 1.54) is 0 Å². The van der Waals surface area contributed by atoms with Crippen LogP contribution in [0.25, 0.3) is 10.8 Å². The maximum Gasteiger partial charge on any atom is 0.277 e. The predicted molar refractivity (Wildman–Crippen MR) is 92.4 cm³/mol. The van der Waals surface area contributed by atoms with Crippen molar-refractivity contribution >= 4 is 28.3 Å². The van der Waals surface area contributed by atoms with Crippen LogP contribution in [0.3, 0.4) is 0 Å². The molecule has 7 heteroatoms. The lowest BCUT2D eigenvalue weighted by Gasteiger charge is -2.18. The van der Waals surface area contributed by atoms with Crippen LogP contribution in [0.5, 0.6) is 0 Å². The van der Waals surface area contributed by atoms with Gasteiger partial charge in [0, 0.05) is 12.7 Å². The number of benzene rings is 1. The monoisotopic (exact) mass is 326 g/mol. The number of aromatic amines is 1. The van der Waals surface area contributed by atoms with E-state index >= 15 is 0 Å². The van der Waals surface area contributed by atoms with Gasteiger partial charge in [-0.1, -0.05) is 18.2 Å². The number of anilines is 2. The normalized spacial score (nSPS) is 10.8. The summed E-state index contributed by atoms with van der Waals surface area (Å²) in [4.78, 5) is 26.2. The number of aromatic nitrogens is 2. The van der Waals surface area contributed by atoms with Crippen LogP contribution in [0.15, 0.2) is 39.5 Å². The molecule has 0 saturated carbocycles. The number of hydrogen-bond donors (Lipinski definition) is 2. The first kappa shape index (κ1) is 15.8. The molecule has 0 bridgehead atoms. The Morgan fingerprint density at radius 1 is 1.25 bits per heavy atom. The van der Waals surface area contributed by atoms with Crippen LogP contribution in [-0.2, 0) is 4.79 Å². The summed E-state index contributed by atoms with van der Waals surface area (Å²) in [5.41, 5.74) is 1.18. The summed E-state index contributed by atoms with van der Waals surface area (Å²) >= 11 is 0. The second-order valence-electron chi connectivity index (χ2n) is 5.62. The van der Waals surface area contributed by atoms with Crippen molar-refractivity contribution in [2.45, 2.75) is 13.8 Å². The highest BCUT2D eigenvalue weighted by Gasteiger charge is 2.19. The number of aryl methyl sites for hydroxylation is 2. The first-order valence-electron chi connectivity index (χ1n) is 7.51. The Balaban J connectivity index is 1.84. The fraction of sp³-hybridized carbons (Fsp3) is 0.235. The van der Waals surface area contributed by atoms with E-state index in [9.17, 15) is 9.59 Å². The summed E-state index contributed by atoms with van der Waals surface area (Å²) in [6.07, 6.45) is 0. The second kappa shape index (κ2) is 6.19. The largest absolute Gasteiger partial charge is 0.444 e. The summed E-state index contributed by atoms with van der Waals surface area (Å²) < 4.78 is 5.57. The van der Waals surface area contributed by atoms with Crippen molar-refractivity contribution < 1.29 is 9.21 Å². The predicted octanol–water partition coefficient (Wildman–Crippen LogP) is 2.21. The number of H-pyrrole nitrogens is 1. The number of amides is 1. The summed E-state index contributed by atoms with van der Waals surface area (Å²) in [6, 6.07) is 9.56. The van der Waals surface area contributed by atoms with Crippen molar-refractivity contribution in [3.05, 3.63) is 52.1 Å². The van der Waals surface area contributed by atoms with Crippen molar-refractivity contribution in [3.63, 3.8) is 0 Å². The molecule has 0 atom stereocenters. The van der Waals surface area contributed by atoms with Gasteiger partial charge in [0.2, 0.25) is 11.8 Å². The zero-order chi connectivity index (χ0) is 17.3. The Kier molecular flexibility index (Phi) is 4.07. The van der Waals surface area contributed by atoms with E-state index in [4.69, 9.17) is 4.42 Å². The van der Waals surface area contributed by atoms with E-state index < -0.39 is 0 Å². The molecule has 0 aliphatic carbocycles. The van der Waals surface area contributed by atoms with Crippen molar-refractivity contribution in [2.75, 3.05) is 23.8 Å². The Morgan fingerprint density at radius 2 is 1.96 bits per heavy atom. The van der Waals surface area contributed by atoms with E-state index in [0.29, 0.717) is 22.2 Å². The molecule has 7 nitrogen and oxygen atoms in total. The van der Waals surface area contributed by atoms with Gasteiger partial charge in [-0.2, -0.15) is 5.10 Å². The van der Waals surface area contributed by atoms with Gasteiger partial charge in [-0.15, -0.1) is 0 Å². The standard InChI is InChI=1S/C17H18N4O3/c1-10-14-11(2)24-17(15(14)16(23)20-19-10)18-13(22)9-21(3)12-7-5-4-6-8-12/h4-8H,9H2,1-3H3,(H,18,22)(H,20,23). The van der Waals surface area contributed by atoms with E-state index in [1.54, 1.807) is 13.8 Å². The molecule has 0 spiro atoms. The number of carbonyl (C=O) groups is 1. The third-order valence-electron chi connectivity index (χ3n) is 3.83. The summed E-state index contributed by atoms with van der Waals surface area (Å²) in [7, 11) is 1.82. The van der Waals surface area contributed by atoms with Gasteiger partial charge in [0.25, 0.3) is 5.56 Å². The number of para-hydroxylation sites is 1. The van der Waals surface area contributed by atoms with Gasteiger partial charge in [0.05, 0.1) is 17.6 Å². The van der Waals surface area contributed by atoms with Crippen LogP contribution in [0.2, 0.25) is 0 Å². The number of nitrogens with zero attached hydrogens (tertiary/aromatic N) is 2. The number of rotatable bonds is 4. The molecule has 124 valence electrons. The van der Waals surface area contributed by atoms with Crippen LogP contribution in [0.1, 0.15) is 11.5 Å². The summed E-state index contributed by atoms with van der Waals surface area (Å²) in [6.45, 7) is 3.64. The number of fused-ring (bicyclic) bond motifs is 1. The number of furan rings is 1. The molecule has 0 aliphatic heterocycles. The molecule has 0 aliphatic rings. The molecule has 1 aromatic carbocycles. The molecule has 0 saturated heterocycles. The van der Waals surface area contributed by atoms with Crippen molar-refractivity contribution in [2.24, 2.45) is 0 Å². The SMILES string of the molecule is Cc1n[nH]c(=O)c2c(NC(=O)CN(C)c3ccccc3)oc(C)c12. The van der Waals surface area contributed by atoms with Gasteiger partial charge < -0.3 is 9.32 Å².